The van der Waals surface area contributed by atoms with E-state index in [0.29, 0.717) is 18.1 Å². The zero-order chi connectivity index (χ0) is 12.0. The first-order valence-electron chi connectivity index (χ1n) is 7.22. The number of hydrogen-bond acceptors (Lipinski definition) is 2. The number of likely N-dealkylation sites (N-methyl/N-ethyl adjacent to an activating group) is 1. The molecule has 0 aromatic rings. The van der Waals surface area contributed by atoms with Gasteiger partial charge in [-0.1, -0.05) is 39.5 Å². The van der Waals surface area contributed by atoms with Crippen molar-refractivity contribution >= 4 is 0 Å². The van der Waals surface area contributed by atoms with Crippen LogP contribution in [0.4, 0.5) is 0 Å². The number of rotatable bonds is 4. The van der Waals surface area contributed by atoms with Gasteiger partial charge >= 0.3 is 0 Å². The van der Waals surface area contributed by atoms with Crippen LogP contribution in [0.2, 0.25) is 0 Å². The Bertz CT molecular complexity index is 182. The molecule has 1 saturated carbocycles. The maximum atomic E-state index is 6.38. The summed E-state index contributed by atoms with van der Waals surface area (Å²) in [6.45, 7) is 8.04. The summed E-state index contributed by atoms with van der Waals surface area (Å²) in [6, 6.07) is 1.70. The SMILES string of the molecule is CCC(C)N(CC)C1CCCCCCC1N. The van der Waals surface area contributed by atoms with Gasteiger partial charge in [0.15, 0.2) is 0 Å². The van der Waals surface area contributed by atoms with Crippen LogP contribution >= 0.6 is 0 Å². The third-order valence-corrected chi connectivity index (χ3v) is 4.23. The minimum atomic E-state index is 0.397. The maximum absolute atomic E-state index is 6.38. The summed E-state index contributed by atoms with van der Waals surface area (Å²) in [5.74, 6) is 0. The predicted molar refractivity (Wildman–Crippen MR) is 71.6 cm³/mol. The van der Waals surface area contributed by atoms with Gasteiger partial charge in [-0.3, -0.25) is 4.90 Å². The van der Waals surface area contributed by atoms with Gasteiger partial charge in [0.05, 0.1) is 0 Å². The molecule has 0 radical (unpaired) electrons. The van der Waals surface area contributed by atoms with Crippen molar-refractivity contribution in [1.82, 2.24) is 4.90 Å². The second-order valence-corrected chi connectivity index (χ2v) is 5.31. The standard InChI is InChI=1S/C14H30N2/c1-4-12(3)16(5-2)14-11-9-7-6-8-10-13(14)15/h12-14H,4-11,15H2,1-3H3. The summed E-state index contributed by atoms with van der Waals surface area (Å²) >= 11 is 0. The molecular formula is C14H30N2. The minimum Gasteiger partial charge on any atom is -0.326 e. The molecule has 96 valence electrons. The van der Waals surface area contributed by atoms with E-state index in [4.69, 9.17) is 5.73 Å². The lowest BCUT2D eigenvalue weighted by Gasteiger charge is -2.39. The molecule has 0 spiro atoms. The Balaban J connectivity index is 2.63. The fourth-order valence-corrected chi connectivity index (χ4v) is 3.01. The second-order valence-electron chi connectivity index (χ2n) is 5.31. The average Bonchev–Trinajstić information content (AvgIpc) is 2.28. The number of nitrogens with two attached hydrogens (primary N) is 1. The van der Waals surface area contributed by atoms with Crippen LogP contribution in [-0.2, 0) is 0 Å². The Morgan fingerprint density at radius 3 is 2.31 bits per heavy atom. The topological polar surface area (TPSA) is 29.3 Å². The fraction of sp³-hybridized carbons (Fsp3) is 1.00. The van der Waals surface area contributed by atoms with Gasteiger partial charge in [-0.25, -0.2) is 0 Å². The van der Waals surface area contributed by atoms with E-state index in [2.05, 4.69) is 25.7 Å². The van der Waals surface area contributed by atoms with Crippen molar-refractivity contribution in [3.05, 3.63) is 0 Å². The highest BCUT2D eigenvalue weighted by molar-refractivity contribution is 4.85. The van der Waals surface area contributed by atoms with Crippen LogP contribution in [0.15, 0.2) is 0 Å². The van der Waals surface area contributed by atoms with Gasteiger partial charge in [0.2, 0.25) is 0 Å². The lowest BCUT2D eigenvalue weighted by atomic mass is 9.91. The van der Waals surface area contributed by atoms with E-state index < -0.39 is 0 Å². The van der Waals surface area contributed by atoms with Crippen LogP contribution in [0.3, 0.4) is 0 Å². The molecule has 0 aromatic heterocycles. The molecule has 1 fully saturated rings. The number of hydrogen-bond donors (Lipinski definition) is 1. The molecule has 2 N–H and O–H groups in total. The highest BCUT2D eigenvalue weighted by Crippen LogP contribution is 2.23. The molecule has 1 aliphatic rings. The molecule has 1 aliphatic carbocycles. The van der Waals surface area contributed by atoms with Crippen molar-refractivity contribution in [2.45, 2.75) is 83.8 Å². The van der Waals surface area contributed by atoms with Crippen molar-refractivity contribution in [2.24, 2.45) is 5.73 Å². The van der Waals surface area contributed by atoms with Crippen LogP contribution in [0.1, 0.15) is 65.7 Å². The Kier molecular flexibility index (Phi) is 6.37. The van der Waals surface area contributed by atoms with E-state index in [0.717, 1.165) is 6.54 Å². The van der Waals surface area contributed by atoms with Gasteiger partial charge in [-0.2, -0.15) is 0 Å². The first-order valence-corrected chi connectivity index (χ1v) is 7.22. The van der Waals surface area contributed by atoms with E-state index in [-0.39, 0.29) is 0 Å². The molecule has 0 amide bonds. The number of nitrogens with zero attached hydrogens (tertiary/aromatic N) is 1. The molecule has 2 nitrogen and oxygen atoms in total. The lowest BCUT2D eigenvalue weighted by Crippen LogP contribution is -2.51. The van der Waals surface area contributed by atoms with Gasteiger partial charge in [-0.05, 0) is 32.7 Å². The normalized spacial score (nSPS) is 29.8. The maximum Gasteiger partial charge on any atom is 0.0249 e. The van der Waals surface area contributed by atoms with Crippen LogP contribution < -0.4 is 5.73 Å². The third kappa shape index (κ3) is 3.74. The molecule has 0 aliphatic heterocycles. The fourth-order valence-electron chi connectivity index (χ4n) is 3.01. The summed E-state index contributed by atoms with van der Waals surface area (Å²) in [5, 5.41) is 0. The van der Waals surface area contributed by atoms with Gasteiger partial charge < -0.3 is 5.73 Å². The minimum absolute atomic E-state index is 0.397. The molecule has 0 heterocycles. The molecular weight excluding hydrogens is 196 g/mol. The van der Waals surface area contributed by atoms with E-state index in [1.54, 1.807) is 0 Å². The molecule has 3 atom stereocenters. The van der Waals surface area contributed by atoms with Crippen molar-refractivity contribution in [1.29, 1.82) is 0 Å². The molecule has 3 unspecified atom stereocenters. The molecule has 0 saturated heterocycles. The first kappa shape index (κ1) is 14.0. The van der Waals surface area contributed by atoms with Crippen LogP contribution in [0.5, 0.6) is 0 Å². The lowest BCUT2D eigenvalue weighted by molar-refractivity contribution is 0.110. The smallest absolute Gasteiger partial charge is 0.0249 e. The molecule has 1 rings (SSSR count). The summed E-state index contributed by atoms with van der Waals surface area (Å²) in [5.41, 5.74) is 6.38. The van der Waals surface area contributed by atoms with E-state index in [1.807, 2.05) is 0 Å². The van der Waals surface area contributed by atoms with Gasteiger partial charge in [0.1, 0.15) is 0 Å². The second kappa shape index (κ2) is 7.29. The van der Waals surface area contributed by atoms with E-state index >= 15 is 0 Å². The first-order chi connectivity index (χ1) is 7.70. The summed E-state index contributed by atoms with van der Waals surface area (Å²) in [6.07, 6.45) is 9.24. The van der Waals surface area contributed by atoms with E-state index in [1.165, 1.54) is 44.9 Å². The zero-order valence-electron chi connectivity index (χ0n) is 11.4. The largest absolute Gasteiger partial charge is 0.326 e. The molecule has 2 heteroatoms. The zero-order valence-corrected chi connectivity index (χ0v) is 11.4. The Labute approximate surface area is 102 Å². The summed E-state index contributed by atoms with van der Waals surface area (Å²) < 4.78 is 0. The van der Waals surface area contributed by atoms with Gasteiger partial charge in [0.25, 0.3) is 0 Å². The Morgan fingerprint density at radius 1 is 1.12 bits per heavy atom. The Hall–Kier alpha value is -0.0800. The van der Waals surface area contributed by atoms with Crippen LogP contribution in [0.25, 0.3) is 0 Å². The van der Waals surface area contributed by atoms with Crippen molar-refractivity contribution in [2.75, 3.05) is 6.54 Å². The molecule has 16 heavy (non-hydrogen) atoms. The van der Waals surface area contributed by atoms with Gasteiger partial charge in [-0.15, -0.1) is 0 Å². The highest BCUT2D eigenvalue weighted by atomic mass is 15.2. The third-order valence-electron chi connectivity index (χ3n) is 4.23. The quantitative estimate of drug-likeness (QED) is 0.798. The van der Waals surface area contributed by atoms with Crippen LogP contribution in [0, 0.1) is 0 Å². The summed E-state index contributed by atoms with van der Waals surface area (Å²) in [4.78, 5) is 2.63. The van der Waals surface area contributed by atoms with Gasteiger partial charge in [0, 0.05) is 18.1 Å². The van der Waals surface area contributed by atoms with Crippen LogP contribution in [-0.4, -0.2) is 29.6 Å². The van der Waals surface area contributed by atoms with Crippen molar-refractivity contribution in [3.63, 3.8) is 0 Å². The molecule has 0 aromatic carbocycles. The molecule has 0 bridgehead atoms. The highest BCUT2D eigenvalue weighted by Gasteiger charge is 2.27. The average molecular weight is 226 g/mol. The summed E-state index contributed by atoms with van der Waals surface area (Å²) in [7, 11) is 0. The van der Waals surface area contributed by atoms with E-state index in [9.17, 15) is 0 Å². The monoisotopic (exact) mass is 226 g/mol. The van der Waals surface area contributed by atoms with Crippen molar-refractivity contribution < 1.29 is 0 Å². The predicted octanol–water partition coefficient (Wildman–Crippen LogP) is 3.16. The van der Waals surface area contributed by atoms with Crippen molar-refractivity contribution in [3.8, 4) is 0 Å². The Morgan fingerprint density at radius 2 is 1.75 bits per heavy atom.